The van der Waals surface area contributed by atoms with E-state index in [0.29, 0.717) is 11.5 Å². The highest BCUT2D eigenvalue weighted by Gasteiger charge is 2.32. The zero-order valence-corrected chi connectivity index (χ0v) is 16.6. The molecule has 2 aliphatic rings. The normalized spacial score (nSPS) is 17.5. The molecule has 6 heteroatoms. The van der Waals surface area contributed by atoms with Crippen LogP contribution in [0.1, 0.15) is 31.0 Å². The Labute approximate surface area is 166 Å². The van der Waals surface area contributed by atoms with Crippen LogP contribution < -0.4 is 19.3 Å². The van der Waals surface area contributed by atoms with Gasteiger partial charge in [-0.1, -0.05) is 12.1 Å². The van der Waals surface area contributed by atoms with Crippen LogP contribution in [0.2, 0.25) is 0 Å². The second kappa shape index (κ2) is 8.29. The van der Waals surface area contributed by atoms with Crippen LogP contribution in [-0.2, 0) is 4.74 Å². The Morgan fingerprint density at radius 2 is 1.64 bits per heavy atom. The molecule has 0 amide bonds. The lowest BCUT2D eigenvalue weighted by Crippen LogP contribution is -3.14. The van der Waals surface area contributed by atoms with Gasteiger partial charge in [-0.25, -0.2) is 0 Å². The summed E-state index contributed by atoms with van der Waals surface area (Å²) >= 11 is 0. The van der Waals surface area contributed by atoms with Gasteiger partial charge in [0.1, 0.15) is 24.9 Å². The van der Waals surface area contributed by atoms with Crippen molar-refractivity contribution in [2.45, 2.75) is 19.9 Å². The number of morpholine rings is 1. The largest absolute Gasteiger partial charge is 0.507 e. The first kappa shape index (κ1) is 18.9. The van der Waals surface area contributed by atoms with Crippen LogP contribution in [0.3, 0.4) is 0 Å². The number of quaternary nitrogens is 1. The van der Waals surface area contributed by atoms with E-state index in [1.165, 1.54) is 16.2 Å². The number of hydrogen-bond acceptors (Lipinski definition) is 5. The number of phenols is 1. The molecule has 0 unspecified atom stereocenters. The first-order valence-electron chi connectivity index (χ1n) is 10.1. The molecule has 0 radical (unpaired) electrons. The fourth-order valence-electron chi connectivity index (χ4n) is 4.20. The molecule has 6 nitrogen and oxygen atoms in total. The minimum absolute atomic E-state index is 0.0177. The van der Waals surface area contributed by atoms with Crippen molar-refractivity contribution < 1.29 is 24.2 Å². The van der Waals surface area contributed by atoms with Crippen LogP contribution in [0.25, 0.3) is 0 Å². The molecule has 4 rings (SSSR count). The topological polar surface area (TPSA) is 55.6 Å². The quantitative estimate of drug-likeness (QED) is 0.796. The Kier molecular flexibility index (Phi) is 5.59. The van der Waals surface area contributed by atoms with Crippen LogP contribution in [0, 0.1) is 0 Å². The summed E-state index contributed by atoms with van der Waals surface area (Å²) in [6.07, 6.45) is 0. The third-order valence-corrected chi connectivity index (χ3v) is 5.73. The highest BCUT2D eigenvalue weighted by Crippen LogP contribution is 2.40. The Bertz CT molecular complexity index is 799. The first-order chi connectivity index (χ1) is 13.7. The van der Waals surface area contributed by atoms with Crippen molar-refractivity contribution in [1.82, 2.24) is 0 Å². The minimum atomic E-state index is 0.0177. The molecule has 28 heavy (non-hydrogen) atoms. The van der Waals surface area contributed by atoms with Crippen LogP contribution in [0.5, 0.6) is 17.2 Å². The van der Waals surface area contributed by atoms with Crippen molar-refractivity contribution in [2.75, 3.05) is 51.1 Å². The Morgan fingerprint density at radius 1 is 1.00 bits per heavy atom. The molecule has 2 N–H and O–H groups in total. The summed E-state index contributed by atoms with van der Waals surface area (Å²) in [5.74, 6) is 1.56. The smallest absolute Gasteiger partial charge is 0.231 e. The summed E-state index contributed by atoms with van der Waals surface area (Å²) in [4.78, 5) is 3.72. The van der Waals surface area contributed by atoms with Gasteiger partial charge in [-0.2, -0.15) is 0 Å². The predicted molar refractivity (Wildman–Crippen MR) is 108 cm³/mol. The predicted octanol–water partition coefficient (Wildman–Crippen LogP) is 1.97. The third-order valence-electron chi connectivity index (χ3n) is 5.73. The van der Waals surface area contributed by atoms with E-state index in [-0.39, 0.29) is 18.6 Å². The van der Waals surface area contributed by atoms with E-state index in [2.05, 4.69) is 43.0 Å². The van der Waals surface area contributed by atoms with E-state index in [1.807, 2.05) is 6.07 Å². The van der Waals surface area contributed by atoms with E-state index >= 15 is 0 Å². The van der Waals surface area contributed by atoms with Crippen LogP contribution in [-0.4, -0.2) is 51.3 Å². The van der Waals surface area contributed by atoms with Crippen molar-refractivity contribution >= 4 is 5.69 Å². The van der Waals surface area contributed by atoms with E-state index in [4.69, 9.17) is 14.2 Å². The summed E-state index contributed by atoms with van der Waals surface area (Å²) in [6.45, 7) is 9.77. The van der Waals surface area contributed by atoms with Gasteiger partial charge in [0.05, 0.1) is 18.8 Å². The van der Waals surface area contributed by atoms with Crippen LogP contribution in [0.4, 0.5) is 5.69 Å². The Hall–Kier alpha value is -2.44. The maximum absolute atomic E-state index is 10.8. The minimum Gasteiger partial charge on any atom is -0.507 e. The maximum atomic E-state index is 10.8. The van der Waals surface area contributed by atoms with Gasteiger partial charge in [0, 0.05) is 30.4 Å². The van der Waals surface area contributed by atoms with Gasteiger partial charge in [-0.3, -0.25) is 0 Å². The maximum Gasteiger partial charge on any atom is 0.231 e. The molecule has 1 fully saturated rings. The van der Waals surface area contributed by atoms with Gasteiger partial charge in [-0.15, -0.1) is 0 Å². The number of anilines is 1. The monoisotopic (exact) mass is 385 g/mol. The highest BCUT2D eigenvalue weighted by atomic mass is 16.7. The number of aromatic hydroxyl groups is 1. The number of ether oxygens (including phenoxy) is 3. The second-order valence-electron chi connectivity index (χ2n) is 7.23. The molecule has 2 aromatic carbocycles. The molecule has 0 saturated carbocycles. The third kappa shape index (κ3) is 3.62. The molecule has 0 bridgehead atoms. The number of nitrogens with zero attached hydrogens (tertiary/aromatic N) is 1. The lowest BCUT2D eigenvalue weighted by Gasteiger charge is -2.32. The first-order valence-corrected chi connectivity index (χ1v) is 10.1. The van der Waals surface area contributed by atoms with Crippen molar-refractivity contribution in [3.63, 3.8) is 0 Å². The summed E-state index contributed by atoms with van der Waals surface area (Å²) in [5, 5.41) is 10.8. The Morgan fingerprint density at radius 3 is 2.29 bits per heavy atom. The summed E-state index contributed by atoms with van der Waals surface area (Å²) in [7, 11) is 0. The van der Waals surface area contributed by atoms with Crippen molar-refractivity contribution in [2.24, 2.45) is 0 Å². The lowest BCUT2D eigenvalue weighted by molar-refractivity contribution is -0.933. The van der Waals surface area contributed by atoms with Gasteiger partial charge in [0.15, 0.2) is 11.5 Å². The second-order valence-corrected chi connectivity index (χ2v) is 7.23. The highest BCUT2D eigenvalue weighted by molar-refractivity contribution is 5.54. The molecule has 1 atom stereocenters. The molecule has 150 valence electrons. The standard InChI is InChI=1S/C22H28N2O4/c1-3-23(4-2)17-7-5-16(6-8-17)22(24-9-11-26-12-10-24)18-13-20-21(14-19(18)25)28-15-27-20/h5-8,13-14,22,25H,3-4,9-12,15H2,1-2H3/p+1/t22-/m1/s1. The number of fused-ring (bicyclic) bond motifs is 1. The SMILES string of the molecule is CCN(CC)c1ccc([C@H](c2cc3c(cc2O)OCO3)[NH+]2CCOCC2)cc1. The van der Waals surface area contributed by atoms with Crippen molar-refractivity contribution in [3.8, 4) is 17.2 Å². The van der Waals surface area contributed by atoms with E-state index < -0.39 is 0 Å². The van der Waals surface area contributed by atoms with E-state index in [0.717, 1.165) is 45.0 Å². The number of benzene rings is 2. The molecule has 0 spiro atoms. The number of phenolic OH excluding ortho intramolecular Hbond substituents is 1. The van der Waals surface area contributed by atoms with Gasteiger partial charge in [0.25, 0.3) is 0 Å². The van der Waals surface area contributed by atoms with Crippen LogP contribution >= 0.6 is 0 Å². The van der Waals surface area contributed by atoms with Crippen LogP contribution in [0.15, 0.2) is 36.4 Å². The average molecular weight is 385 g/mol. The lowest BCUT2D eigenvalue weighted by atomic mass is 9.95. The van der Waals surface area contributed by atoms with Gasteiger partial charge in [0.2, 0.25) is 6.79 Å². The number of rotatable bonds is 6. The summed E-state index contributed by atoms with van der Waals surface area (Å²) < 4.78 is 16.6. The molecule has 0 aliphatic carbocycles. The molecular formula is C22H29N2O4+. The van der Waals surface area contributed by atoms with Crippen molar-refractivity contribution in [3.05, 3.63) is 47.5 Å². The molecule has 2 heterocycles. The molecule has 2 aromatic rings. The molecule has 0 aromatic heterocycles. The average Bonchev–Trinajstić information content (AvgIpc) is 3.18. The zero-order valence-electron chi connectivity index (χ0n) is 16.6. The summed E-state index contributed by atoms with van der Waals surface area (Å²) in [5.41, 5.74) is 3.28. The zero-order chi connectivity index (χ0) is 19.5. The van der Waals surface area contributed by atoms with Gasteiger partial charge >= 0.3 is 0 Å². The number of nitrogens with one attached hydrogen (secondary N) is 1. The fourth-order valence-corrected chi connectivity index (χ4v) is 4.20. The molecule has 1 saturated heterocycles. The fraction of sp³-hybridized carbons (Fsp3) is 0.455. The van der Waals surface area contributed by atoms with E-state index in [1.54, 1.807) is 6.07 Å². The summed E-state index contributed by atoms with van der Waals surface area (Å²) in [6, 6.07) is 12.4. The molecule has 2 aliphatic heterocycles. The Balaban J connectivity index is 1.72. The van der Waals surface area contributed by atoms with Gasteiger partial charge in [-0.05, 0) is 32.0 Å². The van der Waals surface area contributed by atoms with Gasteiger partial charge < -0.3 is 29.1 Å². The molecular weight excluding hydrogens is 356 g/mol. The van der Waals surface area contributed by atoms with Crippen molar-refractivity contribution in [1.29, 1.82) is 0 Å². The number of hydrogen-bond donors (Lipinski definition) is 2. The van der Waals surface area contributed by atoms with E-state index in [9.17, 15) is 5.11 Å².